The van der Waals surface area contributed by atoms with Crippen molar-refractivity contribution < 1.29 is 4.79 Å². The molecule has 1 heterocycles. The van der Waals surface area contributed by atoms with Crippen molar-refractivity contribution in [3.8, 4) is 0 Å². The predicted octanol–water partition coefficient (Wildman–Crippen LogP) is 3.11. The maximum Gasteiger partial charge on any atom is 0.272 e. The molecule has 1 fully saturated rings. The molecule has 17 heavy (non-hydrogen) atoms. The minimum Gasteiger partial charge on any atom is -0.337 e. The number of carbonyl (C=O) groups excluding carboxylic acids is 1. The third-order valence-electron chi connectivity index (χ3n) is 2.89. The first-order valence-electron chi connectivity index (χ1n) is 6.12. The van der Waals surface area contributed by atoms with E-state index in [0.717, 1.165) is 25.4 Å². The molecule has 4 heteroatoms. The van der Waals surface area contributed by atoms with Gasteiger partial charge in [-0.15, -0.1) is 0 Å². The van der Waals surface area contributed by atoms with Crippen molar-refractivity contribution in [3.63, 3.8) is 0 Å². The first-order valence-corrected chi connectivity index (χ1v) is 6.92. The van der Waals surface area contributed by atoms with Crippen LogP contribution >= 0.6 is 15.9 Å². The Hall–Kier alpha value is -0.900. The molecule has 2 rings (SSSR count). The summed E-state index contributed by atoms with van der Waals surface area (Å²) in [5.74, 6) is 0.776. The van der Waals surface area contributed by atoms with Gasteiger partial charge >= 0.3 is 0 Å². The van der Waals surface area contributed by atoms with Crippen molar-refractivity contribution in [1.29, 1.82) is 0 Å². The van der Waals surface area contributed by atoms with Gasteiger partial charge in [0.1, 0.15) is 10.3 Å². The van der Waals surface area contributed by atoms with Crippen molar-refractivity contribution in [2.45, 2.75) is 26.2 Å². The number of pyridine rings is 1. The Morgan fingerprint density at radius 3 is 2.88 bits per heavy atom. The SMILES string of the molecule is CCCN(CC1CC1)C(=O)c1cccc(Br)n1. The summed E-state index contributed by atoms with van der Waals surface area (Å²) in [6.07, 6.45) is 3.52. The number of rotatable bonds is 5. The van der Waals surface area contributed by atoms with E-state index in [9.17, 15) is 4.79 Å². The van der Waals surface area contributed by atoms with Crippen LogP contribution in [0.4, 0.5) is 0 Å². The maximum atomic E-state index is 12.3. The number of amides is 1. The summed E-state index contributed by atoms with van der Waals surface area (Å²) >= 11 is 3.30. The molecule has 0 N–H and O–H groups in total. The van der Waals surface area contributed by atoms with Crippen LogP contribution in [0.2, 0.25) is 0 Å². The van der Waals surface area contributed by atoms with Gasteiger partial charge in [-0.2, -0.15) is 0 Å². The fourth-order valence-electron chi connectivity index (χ4n) is 1.85. The maximum absolute atomic E-state index is 12.3. The van der Waals surface area contributed by atoms with Gasteiger partial charge < -0.3 is 4.90 Å². The molecule has 1 saturated carbocycles. The highest BCUT2D eigenvalue weighted by atomic mass is 79.9. The van der Waals surface area contributed by atoms with E-state index in [0.29, 0.717) is 10.3 Å². The average Bonchev–Trinajstić information content (AvgIpc) is 3.11. The summed E-state index contributed by atoms with van der Waals surface area (Å²) in [6, 6.07) is 5.47. The lowest BCUT2D eigenvalue weighted by atomic mass is 10.2. The molecular weight excluding hydrogens is 280 g/mol. The summed E-state index contributed by atoms with van der Waals surface area (Å²) < 4.78 is 0.714. The topological polar surface area (TPSA) is 33.2 Å². The van der Waals surface area contributed by atoms with Gasteiger partial charge in [0.05, 0.1) is 0 Å². The highest BCUT2D eigenvalue weighted by Gasteiger charge is 2.27. The van der Waals surface area contributed by atoms with Crippen LogP contribution in [0.1, 0.15) is 36.7 Å². The van der Waals surface area contributed by atoms with E-state index in [1.54, 1.807) is 6.07 Å². The van der Waals surface area contributed by atoms with Crippen LogP contribution in [0.25, 0.3) is 0 Å². The molecule has 0 spiro atoms. The molecule has 0 unspecified atom stereocenters. The average molecular weight is 297 g/mol. The monoisotopic (exact) mass is 296 g/mol. The van der Waals surface area contributed by atoms with Gasteiger partial charge in [0, 0.05) is 13.1 Å². The van der Waals surface area contributed by atoms with Crippen LogP contribution in [-0.4, -0.2) is 28.9 Å². The van der Waals surface area contributed by atoms with Crippen molar-refractivity contribution in [1.82, 2.24) is 9.88 Å². The van der Waals surface area contributed by atoms with Crippen molar-refractivity contribution >= 4 is 21.8 Å². The second kappa shape index (κ2) is 5.63. The summed E-state index contributed by atoms with van der Waals surface area (Å²) in [7, 11) is 0. The summed E-state index contributed by atoms with van der Waals surface area (Å²) in [5.41, 5.74) is 0.536. The highest BCUT2D eigenvalue weighted by Crippen LogP contribution is 2.30. The molecule has 0 aromatic carbocycles. The van der Waals surface area contributed by atoms with Gasteiger partial charge in [-0.25, -0.2) is 4.98 Å². The van der Waals surface area contributed by atoms with E-state index < -0.39 is 0 Å². The molecule has 1 aliphatic rings. The van der Waals surface area contributed by atoms with Crippen molar-refractivity contribution in [2.75, 3.05) is 13.1 Å². The zero-order valence-electron chi connectivity index (χ0n) is 10.0. The lowest BCUT2D eigenvalue weighted by Crippen LogP contribution is -2.34. The van der Waals surface area contributed by atoms with E-state index in [1.807, 2.05) is 17.0 Å². The van der Waals surface area contributed by atoms with E-state index in [4.69, 9.17) is 0 Å². The largest absolute Gasteiger partial charge is 0.337 e. The second-order valence-corrected chi connectivity index (χ2v) is 5.35. The van der Waals surface area contributed by atoms with Gasteiger partial charge in [-0.3, -0.25) is 4.79 Å². The van der Waals surface area contributed by atoms with Gasteiger partial charge in [0.2, 0.25) is 0 Å². The first kappa shape index (κ1) is 12.6. The van der Waals surface area contributed by atoms with Crippen LogP contribution in [0, 0.1) is 5.92 Å². The Balaban J connectivity index is 2.08. The van der Waals surface area contributed by atoms with Crippen LogP contribution in [0.3, 0.4) is 0 Å². The second-order valence-electron chi connectivity index (χ2n) is 4.54. The molecule has 1 aromatic heterocycles. The fourth-order valence-corrected chi connectivity index (χ4v) is 2.19. The first-order chi connectivity index (χ1) is 8.20. The van der Waals surface area contributed by atoms with Gasteiger partial charge in [0.25, 0.3) is 5.91 Å². The molecule has 0 aliphatic heterocycles. The number of nitrogens with zero attached hydrogens (tertiary/aromatic N) is 2. The third kappa shape index (κ3) is 3.53. The number of halogens is 1. The molecule has 0 bridgehead atoms. The van der Waals surface area contributed by atoms with Crippen LogP contribution in [-0.2, 0) is 0 Å². The Bertz CT molecular complexity index is 404. The van der Waals surface area contributed by atoms with Crippen LogP contribution in [0.5, 0.6) is 0 Å². The van der Waals surface area contributed by atoms with Gasteiger partial charge in [0.15, 0.2) is 0 Å². The Morgan fingerprint density at radius 2 is 2.29 bits per heavy atom. The standard InChI is InChI=1S/C13H17BrN2O/c1-2-8-16(9-10-6-7-10)13(17)11-4-3-5-12(14)15-11/h3-5,10H,2,6-9H2,1H3. The Morgan fingerprint density at radius 1 is 1.53 bits per heavy atom. The molecule has 3 nitrogen and oxygen atoms in total. The molecule has 92 valence electrons. The van der Waals surface area contributed by atoms with Crippen LogP contribution in [0.15, 0.2) is 22.8 Å². The number of hydrogen-bond acceptors (Lipinski definition) is 2. The summed E-state index contributed by atoms with van der Waals surface area (Å²) in [6.45, 7) is 3.81. The quantitative estimate of drug-likeness (QED) is 0.782. The van der Waals surface area contributed by atoms with E-state index >= 15 is 0 Å². The van der Waals surface area contributed by atoms with Gasteiger partial charge in [-0.1, -0.05) is 13.0 Å². The number of hydrogen-bond donors (Lipinski definition) is 0. The minimum absolute atomic E-state index is 0.0556. The Kier molecular flexibility index (Phi) is 4.15. The van der Waals surface area contributed by atoms with E-state index in [2.05, 4.69) is 27.8 Å². The summed E-state index contributed by atoms with van der Waals surface area (Å²) in [4.78, 5) is 18.5. The zero-order valence-corrected chi connectivity index (χ0v) is 11.6. The third-order valence-corrected chi connectivity index (χ3v) is 3.33. The zero-order chi connectivity index (χ0) is 12.3. The fraction of sp³-hybridized carbons (Fsp3) is 0.538. The Labute approximate surface area is 110 Å². The lowest BCUT2D eigenvalue weighted by molar-refractivity contribution is 0.0741. The molecule has 1 aromatic rings. The molecule has 0 radical (unpaired) electrons. The summed E-state index contributed by atoms with van der Waals surface area (Å²) in [5, 5.41) is 0. The minimum atomic E-state index is 0.0556. The highest BCUT2D eigenvalue weighted by molar-refractivity contribution is 9.10. The van der Waals surface area contributed by atoms with Crippen LogP contribution < -0.4 is 0 Å². The lowest BCUT2D eigenvalue weighted by Gasteiger charge is -2.21. The van der Waals surface area contributed by atoms with Crippen molar-refractivity contribution in [2.24, 2.45) is 5.92 Å². The molecule has 0 saturated heterocycles. The number of aromatic nitrogens is 1. The molecule has 0 atom stereocenters. The normalized spacial score (nSPS) is 14.7. The molecular formula is C13H17BrN2O. The smallest absolute Gasteiger partial charge is 0.272 e. The van der Waals surface area contributed by atoms with E-state index in [-0.39, 0.29) is 5.91 Å². The molecule has 1 amide bonds. The number of carbonyl (C=O) groups is 1. The van der Waals surface area contributed by atoms with Gasteiger partial charge in [-0.05, 0) is 53.2 Å². The predicted molar refractivity (Wildman–Crippen MR) is 70.9 cm³/mol. The molecule has 1 aliphatic carbocycles. The van der Waals surface area contributed by atoms with Crippen molar-refractivity contribution in [3.05, 3.63) is 28.5 Å². The van der Waals surface area contributed by atoms with E-state index in [1.165, 1.54) is 12.8 Å².